The van der Waals surface area contributed by atoms with Gasteiger partial charge in [0.2, 0.25) is 11.8 Å². The molecule has 2 N–H and O–H groups in total. The van der Waals surface area contributed by atoms with E-state index in [1.54, 1.807) is 33.4 Å². The molecule has 0 bridgehead atoms. The van der Waals surface area contributed by atoms with Gasteiger partial charge in [-0.05, 0) is 101 Å². The minimum absolute atomic E-state index is 0.0227. The highest BCUT2D eigenvalue weighted by atomic mass is 16.6. The number of esters is 1. The van der Waals surface area contributed by atoms with E-state index in [0.717, 1.165) is 82.6 Å². The van der Waals surface area contributed by atoms with Crippen LogP contribution in [0.5, 0.6) is 0 Å². The number of carbonyl (C=O) groups is 8. The van der Waals surface area contributed by atoms with Crippen LogP contribution in [0.15, 0.2) is 97.1 Å². The fraction of sp³-hybridized carbons (Fsp3) is 0.581. The maximum atomic E-state index is 13.9. The highest BCUT2D eigenvalue weighted by Gasteiger charge is 2.35. The Hall–Kier alpha value is -8.68. The van der Waals surface area contributed by atoms with Crippen molar-refractivity contribution < 1.29 is 66.8 Å². The number of carbonyl (C=O) groups excluding carboxylic acids is 8. The zero-order valence-corrected chi connectivity index (χ0v) is 67.9. The van der Waals surface area contributed by atoms with Crippen LogP contribution in [0.3, 0.4) is 0 Å². The van der Waals surface area contributed by atoms with Crippen LogP contribution in [0.25, 0.3) is 45.0 Å². The van der Waals surface area contributed by atoms with E-state index >= 15 is 0 Å². The zero-order valence-electron chi connectivity index (χ0n) is 67.9. The van der Waals surface area contributed by atoms with Crippen molar-refractivity contribution in [1.82, 2.24) is 40.6 Å². The molecule has 24 heteroatoms. The molecule has 2 aliphatic rings. The second-order valence-electron chi connectivity index (χ2n) is 32.8. The summed E-state index contributed by atoms with van der Waals surface area (Å²) in [6, 6.07) is 30.8. The molecule has 3 amide bonds. The lowest BCUT2D eigenvalue weighted by Gasteiger charge is -2.31. The van der Waals surface area contributed by atoms with Crippen molar-refractivity contribution in [3.05, 3.63) is 108 Å². The molecule has 0 saturated heterocycles. The molecule has 24 nitrogen and oxygen atoms in total. The molecule has 8 rings (SSSR count). The summed E-state index contributed by atoms with van der Waals surface area (Å²) in [5, 5.41) is 24.5. The molecule has 4 heterocycles. The first-order chi connectivity index (χ1) is 52.4. The molecule has 600 valence electrons. The first kappa shape index (κ1) is 88.5. The number of aromatic nitrogens is 6. The Morgan fingerprint density at radius 3 is 1.46 bits per heavy atom. The van der Waals surface area contributed by atoms with Crippen LogP contribution in [-0.2, 0) is 88.2 Å². The number of hydrogen-bond acceptors (Lipinski definition) is 19. The lowest BCUT2D eigenvalue weighted by atomic mass is 9.74. The second kappa shape index (κ2) is 43.2. The van der Waals surface area contributed by atoms with Crippen molar-refractivity contribution in [3.63, 3.8) is 0 Å². The number of para-hydroxylation sites is 2. The number of fused-ring (bicyclic) bond motifs is 10. The number of Topliss-reactive ketones (excluding diaryl/α,β-unsaturated/α-hetero) is 4. The molecular weight excluding hydrogens is 1400 g/mol. The average Bonchev–Trinajstić information content (AvgIpc) is 1.54. The maximum absolute atomic E-state index is 13.9. The average molecular weight is 1520 g/mol. The lowest BCUT2D eigenvalue weighted by Crippen LogP contribution is -2.50. The van der Waals surface area contributed by atoms with Gasteiger partial charge in [0.05, 0.1) is 94.6 Å². The largest absolute Gasteiger partial charge is 0.464 e. The fourth-order valence-corrected chi connectivity index (χ4v) is 13.7. The van der Waals surface area contributed by atoms with Crippen molar-refractivity contribution in [2.24, 2.45) is 22.2 Å². The van der Waals surface area contributed by atoms with Gasteiger partial charge < -0.3 is 48.9 Å². The van der Waals surface area contributed by atoms with Crippen molar-refractivity contribution >= 4 is 58.4 Å². The normalized spacial score (nSPS) is 13.2. The third kappa shape index (κ3) is 28.0. The number of ketones is 4. The highest BCUT2D eigenvalue weighted by Crippen LogP contribution is 2.44. The Kier molecular flexibility index (Phi) is 34.8. The smallest absolute Gasteiger partial charge is 0.407 e. The SMILES string of the molecule is COCCOCCC(=O)CCCC(=O)N1Cc2ccccc2-c2c(nnn2CCOC(=O)NCCCCC(NC(C)(C)C)C(=O)C(C)(C)C)-c2ccccc21.COCCOCCC(=O)CCCC(=O)N1Cc2ccccc2-c2nnn(CCOC(=O)CCCCCC(CC(C)(C)C)C(=O)C(C)(C)C)c2-c2ccccc21. The predicted molar refractivity (Wildman–Crippen MR) is 427 cm³/mol. The molecule has 0 radical (unpaired) electrons. The van der Waals surface area contributed by atoms with Gasteiger partial charge in [-0.2, -0.15) is 0 Å². The predicted octanol–water partition coefficient (Wildman–Crippen LogP) is 14.9. The molecule has 110 heavy (non-hydrogen) atoms. The van der Waals surface area contributed by atoms with Crippen molar-refractivity contribution in [1.29, 1.82) is 0 Å². The van der Waals surface area contributed by atoms with Gasteiger partial charge in [0.15, 0.2) is 5.78 Å². The second-order valence-corrected chi connectivity index (χ2v) is 32.8. The van der Waals surface area contributed by atoms with Gasteiger partial charge in [-0.15, -0.1) is 10.2 Å². The standard InChI is InChI=1S/C44H62N4O7.C42H60N6O7/c1-43(2,3)30-32(42(52)44(4,5)6)16-9-8-10-23-39(51)55-27-25-48-41-36-20-13-14-21-37(36)47(31-33-17-11-12-19-35(33)40(41)45-46-48)38(50)22-15-18-34(49)24-26-54-29-28-53-7;1-41(2,3)39(51)34(44-42(4,5)6)19-12-13-23-43-40(52)55-26-24-48-38-32-17-9-8-15-30(32)29-47(35-20-11-10-18-33(35)37(38)45-46-48)36(50)21-14-16-31(49)22-25-54-28-27-53-7/h11-14,17,19-21,32H,8-10,15-16,18,22-31H2,1-7H3;8-11,15,17-18,20,34,44H,12-14,16,19,21-29H2,1-7H3,(H,43,52). The van der Waals surface area contributed by atoms with Crippen LogP contribution < -0.4 is 20.4 Å². The summed E-state index contributed by atoms with van der Waals surface area (Å²) < 4.78 is 35.5. The summed E-state index contributed by atoms with van der Waals surface area (Å²) in [5.74, 6) is 0.232. The number of nitrogens with one attached hydrogen (secondary N) is 2. The molecule has 0 saturated carbocycles. The third-order valence-corrected chi connectivity index (χ3v) is 19.1. The number of anilines is 2. The van der Waals surface area contributed by atoms with E-state index in [-0.39, 0.29) is 96.1 Å². The summed E-state index contributed by atoms with van der Waals surface area (Å²) in [5.41, 5.74) is 8.55. The Labute approximate surface area is 651 Å². The Balaban J connectivity index is 0.000000306. The van der Waals surface area contributed by atoms with Crippen LogP contribution in [0.2, 0.25) is 0 Å². The number of unbranched alkanes of at least 4 members (excludes halogenated alkanes) is 3. The van der Waals surface area contributed by atoms with Gasteiger partial charge in [-0.25, -0.2) is 14.2 Å². The topological polar surface area (TPSA) is 284 Å². The molecule has 0 fully saturated rings. The number of hydrogen-bond donors (Lipinski definition) is 2. The number of ether oxygens (including phenoxy) is 6. The zero-order chi connectivity index (χ0) is 80.0. The van der Waals surface area contributed by atoms with Gasteiger partial charge in [-0.1, -0.05) is 171 Å². The molecule has 2 atom stereocenters. The summed E-state index contributed by atoms with van der Waals surface area (Å²) in [7, 11) is 3.21. The number of benzene rings is 4. The molecule has 6 aromatic rings. The molecule has 2 aromatic heterocycles. The van der Waals surface area contributed by atoms with E-state index in [2.05, 4.69) is 72.8 Å². The fourth-order valence-electron chi connectivity index (χ4n) is 13.7. The van der Waals surface area contributed by atoms with E-state index in [4.69, 9.17) is 28.4 Å². The first-order valence-corrected chi connectivity index (χ1v) is 39.3. The van der Waals surface area contributed by atoms with Crippen LogP contribution in [0.4, 0.5) is 16.2 Å². The van der Waals surface area contributed by atoms with Crippen LogP contribution in [0.1, 0.15) is 203 Å². The van der Waals surface area contributed by atoms with Gasteiger partial charge >= 0.3 is 12.1 Å². The summed E-state index contributed by atoms with van der Waals surface area (Å²) in [6.07, 6.45) is 8.68. The Morgan fingerprint density at radius 2 is 0.927 bits per heavy atom. The maximum Gasteiger partial charge on any atom is 0.407 e. The lowest BCUT2D eigenvalue weighted by molar-refractivity contribution is -0.144. The van der Waals surface area contributed by atoms with Crippen LogP contribution in [0, 0.1) is 22.2 Å². The van der Waals surface area contributed by atoms with Gasteiger partial charge in [0.25, 0.3) is 0 Å². The number of alkyl carbamates (subject to hydrolysis) is 1. The number of methoxy groups -OCH3 is 2. The molecule has 4 aromatic carbocycles. The minimum atomic E-state index is -0.518. The highest BCUT2D eigenvalue weighted by molar-refractivity contribution is 6.02. The molecule has 2 aliphatic heterocycles. The molecular formula is C86H122N10O14. The quantitative estimate of drug-likeness (QED) is 0.0266. The first-order valence-electron chi connectivity index (χ1n) is 39.3. The van der Waals surface area contributed by atoms with Crippen molar-refractivity contribution in [2.45, 2.75) is 230 Å². The number of amides is 3. The summed E-state index contributed by atoms with van der Waals surface area (Å²) in [6.45, 7) is 28.9. The van der Waals surface area contributed by atoms with Gasteiger partial charge in [0, 0.05) is 110 Å². The van der Waals surface area contributed by atoms with Crippen molar-refractivity contribution in [3.8, 4) is 45.0 Å². The number of nitrogens with zero attached hydrogens (tertiary/aromatic N) is 8. The van der Waals surface area contributed by atoms with E-state index in [1.807, 2.05) is 139 Å². The van der Waals surface area contributed by atoms with E-state index in [9.17, 15) is 38.4 Å². The Bertz CT molecular complexity index is 3980. The van der Waals surface area contributed by atoms with E-state index < -0.39 is 11.5 Å². The summed E-state index contributed by atoms with van der Waals surface area (Å²) >= 11 is 0. The van der Waals surface area contributed by atoms with Gasteiger partial charge in [0.1, 0.15) is 42.0 Å². The molecule has 0 spiro atoms. The van der Waals surface area contributed by atoms with E-state index in [0.29, 0.717) is 153 Å². The number of rotatable bonds is 41. The van der Waals surface area contributed by atoms with Crippen LogP contribution in [-0.4, -0.2) is 162 Å². The molecule has 2 unspecified atom stereocenters. The van der Waals surface area contributed by atoms with E-state index in [1.165, 1.54) is 0 Å². The van der Waals surface area contributed by atoms with Crippen LogP contribution >= 0.6 is 0 Å². The summed E-state index contributed by atoms with van der Waals surface area (Å²) in [4.78, 5) is 108. The monoisotopic (exact) mass is 1520 g/mol. The molecule has 0 aliphatic carbocycles. The van der Waals surface area contributed by atoms with Gasteiger partial charge in [-0.3, -0.25) is 33.6 Å². The minimum Gasteiger partial charge on any atom is -0.464 e. The Morgan fingerprint density at radius 1 is 0.455 bits per heavy atom. The van der Waals surface area contributed by atoms with Crippen molar-refractivity contribution in [2.75, 3.05) is 83.4 Å². The third-order valence-electron chi connectivity index (χ3n) is 19.1.